The number of aliphatic hydroxyl groups excluding tert-OH is 1. The third kappa shape index (κ3) is 3.10. The van der Waals surface area contributed by atoms with Crippen molar-refractivity contribution in [3.05, 3.63) is 44.0 Å². The zero-order valence-corrected chi connectivity index (χ0v) is 10.3. The van der Waals surface area contributed by atoms with Crippen molar-refractivity contribution in [2.24, 2.45) is 5.92 Å². The van der Waals surface area contributed by atoms with Gasteiger partial charge in [0.1, 0.15) is 5.78 Å². The van der Waals surface area contributed by atoms with Crippen molar-refractivity contribution in [1.82, 2.24) is 0 Å². The Morgan fingerprint density at radius 1 is 1.26 bits per heavy atom. The molecule has 0 saturated carbocycles. The van der Waals surface area contributed by atoms with Crippen LogP contribution < -0.4 is 0 Å². The maximum absolute atomic E-state index is 11.2. The number of aliphatic hydroxyl groups is 1. The average molecular weight is 268 g/mol. The average Bonchev–Trinajstić information content (AvgIpc) is 2.35. The molecule has 0 amide bonds. The lowest BCUT2D eigenvalue weighted by Crippen LogP contribution is -2.17. The molecule has 0 aromatic heterocycles. The molecule has 1 N–H and O–H groups in total. The lowest BCUT2D eigenvalue weighted by molar-refractivity contribution is -0.395. The van der Waals surface area contributed by atoms with Gasteiger partial charge >= 0.3 is 0 Å². The summed E-state index contributed by atoms with van der Waals surface area (Å²) in [5.41, 5.74) is -1.13. The van der Waals surface area contributed by atoms with Gasteiger partial charge in [0.15, 0.2) is 0 Å². The number of nitrogens with zero attached hydrogens (tertiary/aromatic N) is 2. The molecule has 19 heavy (non-hydrogen) atoms. The summed E-state index contributed by atoms with van der Waals surface area (Å²) in [6, 6.07) is 2.92. The second-order valence-electron chi connectivity index (χ2n) is 4.10. The van der Waals surface area contributed by atoms with Crippen molar-refractivity contribution in [3.63, 3.8) is 0 Å². The maximum Gasteiger partial charge on any atom is 0.282 e. The molecule has 102 valence electrons. The van der Waals surface area contributed by atoms with Gasteiger partial charge < -0.3 is 5.11 Å². The summed E-state index contributed by atoms with van der Waals surface area (Å²) in [7, 11) is 0. The summed E-state index contributed by atoms with van der Waals surface area (Å²) in [5.74, 6) is -1.17. The first-order valence-electron chi connectivity index (χ1n) is 5.37. The summed E-state index contributed by atoms with van der Waals surface area (Å²) in [4.78, 5) is 31.0. The highest BCUT2D eigenvalue weighted by Crippen LogP contribution is 2.33. The molecule has 1 aromatic rings. The second-order valence-corrected chi connectivity index (χ2v) is 4.10. The summed E-state index contributed by atoms with van der Waals surface area (Å²) in [6.45, 7) is 2.68. The first kappa shape index (κ1) is 14.7. The van der Waals surface area contributed by atoms with Gasteiger partial charge in [-0.15, -0.1) is 0 Å². The maximum atomic E-state index is 11.2. The first-order chi connectivity index (χ1) is 8.75. The minimum Gasteiger partial charge on any atom is -0.387 e. The molecular formula is C11H12N2O6. The van der Waals surface area contributed by atoms with Gasteiger partial charge in [0.2, 0.25) is 0 Å². The van der Waals surface area contributed by atoms with E-state index in [2.05, 4.69) is 0 Å². The third-order valence-corrected chi connectivity index (χ3v) is 2.86. The van der Waals surface area contributed by atoms with E-state index in [1.165, 1.54) is 13.8 Å². The van der Waals surface area contributed by atoms with Gasteiger partial charge in [0.25, 0.3) is 11.4 Å². The Labute approximate surface area is 108 Å². The van der Waals surface area contributed by atoms with Crippen molar-refractivity contribution >= 4 is 17.2 Å². The highest BCUT2D eigenvalue weighted by atomic mass is 16.6. The van der Waals surface area contributed by atoms with Crippen LogP contribution in [0.15, 0.2) is 18.2 Å². The Bertz CT molecular complexity index is 542. The van der Waals surface area contributed by atoms with Crippen molar-refractivity contribution in [2.75, 3.05) is 0 Å². The van der Waals surface area contributed by atoms with Gasteiger partial charge in [-0.1, -0.05) is 6.92 Å². The van der Waals surface area contributed by atoms with Crippen LogP contribution in [0.3, 0.4) is 0 Å². The van der Waals surface area contributed by atoms with Crippen LogP contribution in [0.25, 0.3) is 0 Å². The van der Waals surface area contributed by atoms with Gasteiger partial charge in [0.05, 0.1) is 27.6 Å². The topological polar surface area (TPSA) is 124 Å². The molecule has 0 aliphatic rings. The van der Waals surface area contributed by atoms with E-state index in [0.29, 0.717) is 0 Å². The molecular weight excluding hydrogens is 256 g/mol. The van der Waals surface area contributed by atoms with E-state index in [-0.39, 0.29) is 11.3 Å². The highest BCUT2D eigenvalue weighted by Gasteiger charge is 2.29. The molecule has 0 bridgehead atoms. The number of carbonyl (C=O) groups excluding carboxylic acids is 1. The minimum absolute atomic E-state index is 0.113. The number of nitro benzene ring substituents is 2. The van der Waals surface area contributed by atoms with E-state index in [0.717, 1.165) is 18.2 Å². The van der Waals surface area contributed by atoms with Crippen LogP contribution in [0, 0.1) is 26.1 Å². The molecule has 0 saturated heterocycles. The largest absolute Gasteiger partial charge is 0.387 e. The standard InChI is InChI=1S/C11H12N2O6/c1-6(7(2)14)11(15)9-4-3-8(12(16)17)5-10(9)13(18)19/h3-6,11,15H,1-2H3/t6-,11+/m0/s1. The molecule has 0 spiro atoms. The van der Waals surface area contributed by atoms with Crippen LogP contribution in [0.5, 0.6) is 0 Å². The van der Waals surface area contributed by atoms with E-state index in [9.17, 15) is 30.1 Å². The molecule has 0 aliphatic carbocycles. The summed E-state index contributed by atoms with van der Waals surface area (Å²) >= 11 is 0. The number of hydrogen-bond donors (Lipinski definition) is 1. The number of ketones is 1. The van der Waals surface area contributed by atoms with Gasteiger partial charge in [0, 0.05) is 12.0 Å². The first-order valence-corrected chi connectivity index (χ1v) is 5.37. The lowest BCUT2D eigenvalue weighted by atomic mass is 9.93. The van der Waals surface area contributed by atoms with Crippen LogP contribution >= 0.6 is 0 Å². The molecule has 8 heteroatoms. The van der Waals surface area contributed by atoms with Gasteiger partial charge in [-0.25, -0.2) is 0 Å². The van der Waals surface area contributed by atoms with E-state index < -0.39 is 33.2 Å². The molecule has 1 rings (SSSR count). The lowest BCUT2D eigenvalue weighted by Gasteiger charge is -2.16. The molecule has 8 nitrogen and oxygen atoms in total. The fourth-order valence-corrected chi connectivity index (χ4v) is 1.55. The van der Waals surface area contributed by atoms with E-state index in [1.54, 1.807) is 0 Å². The van der Waals surface area contributed by atoms with E-state index in [1.807, 2.05) is 0 Å². The molecule has 0 heterocycles. The Morgan fingerprint density at radius 3 is 2.26 bits per heavy atom. The number of Topliss-reactive ketones (excluding diaryl/α,β-unsaturated/α-hetero) is 1. The number of nitro groups is 2. The molecule has 0 radical (unpaired) electrons. The van der Waals surface area contributed by atoms with E-state index in [4.69, 9.17) is 0 Å². The number of benzene rings is 1. The van der Waals surface area contributed by atoms with Crippen LogP contribution in [-0.2, 0) is 4.79 Å². The van der Waals surface area contributed by atoms with Crippen LogP contribution in [0.2, 0.25) is 0 Å². The van der Waals surface area contributed by atoms with Crippen molar-refractivity contribution in [2.45, 2.75) is 20.0 Å². The Balaban J connectivity index is 3.31. The predicted molar refractivity (Wildman–Crippen MR) is 64.6 cm³/mol. The number of non-ortho nitro benzene ring substituents is 1. The number of rotatable bonds is 5. The summed E-state index contributed by atoms with van der Waals surface area (Å²) < 4.78 is 0. The quantitative estimate of drug-likeness (QED) is 0.640. The summed E-state index contributed by atoms with van der Waals surface area (Å²) in [5, 5.41) is 31.4. The predicted octanol–water partition coefficient (Wildman–Crippen LogP) is 1.76. The van der Waals surface area contributed by atoms with Gasteiger partial charge in [-0.05, 0) is 13.0 Å². The second kappa shape index (κ2) is 5.53. The normalized spacial score (nSPS) is 13.6. The number of carbonyl (C=O) groups is 1. The van der Waals surface area contributed by atoms with Crippen molar-refractivity contribution in [1.29, 1.82) is 0 Å². The SMILES string of the molecule is CC(=O)[C@H](C)[C@@H](O)c1ccc([N+](=O)[O-])cc1[N+](=O)[O-]. The smallest absolute Gasteiger partial charge is 0.282 e. The minimum atomic E-state index is -1.38. The molecule has 2 atom stereocenters. The van der Waals surface area contributed by atoms with Crippen LogP contribution in [0.1, 0.15) is 25.5 Å². The Hall–Kier alpha value is -2.35. The molecule has 0 unspecified atom stereocenters. The van der Waals surface area contributed by atoms with E-state index >= 15 is 0 Å². The monoisotopic (exact) mass is 268 g/mol. The molecule has 1 aromatic carbocycles. The molecule has 0 fully saturated rings. The fraction of sp³-hybridized carbons (Fsp3) is 0.364. The zero-order valence-electron chi connectivity index (χ0n) is 10.3. The number of hydrogen-bond acceptors (Lipinski definition) is 6. The Morgan fingerprint density at radius 2 is 1.84 bits per heavy atom. The van der Waals surface area contributed by atoms with Gasteiger partial charge in [-0.3, -0.25) is 25.0 Å². The van der Waals surface area contributed by atoms with Crippen LogP contribution in [-0.4, -0.2) is 20.7 Å². The zero-order chi connectivity index (χ0) is 14.7. The summed E-state index contributed by atoms with van der Waals surface area (Å²) in [6.07, 6.45) is -1.38. The van der Waals surface area contributed by atoms with Gasteiger partial charge in [-0.2, -0.15) is 0 Å². The third-order valence-electron chi connectivity index (χ3n) is 2.86. The van der Waals surface area contributed by atoms with Crippen molar-refractivity contribution < 1.29 is 19.7 Å². The van der Waals surface area contributed by atoms with Crippen LogP contribution in [0.4, 0.5) is 11.4 Å². The molecule has 0 aliphatic heterocycles. The Kier molecular flexibility index (Phi) is 4.28. The highest BCUT2D eigenvalue weighted by molar-refractivity contribution is 5.79. The van der Waals surface area contributed by atoms with Crippen molar-refractivity contribution in [3.8, 4) is 0 Å². The fourth-order valence-electron chi connectivity index (χ4n) is 1.55.